The second-order valence-electron chi connectivity index (χ2n) is 5.13. The van der Waals surface area contributed by atoms with Crippen LogP contribution in [0.25, 0.3) is 0 Å². The fraction of sp³-hybridized carbons (Fsp3) is 0.316. The molecule has 0 unspecified atom stereocenters. The van der Waals surface area contributed by atoms with Crippen molar-refractivity contribution in [1.29, 1.82) is 0 Å². The van der Waals surface area contributed by atoms with E-state index in [1.165, 1.54) is 22.4 Å². The maximum Gasteiger partial charge on any atom is 0.300 e. The number of methoxy groups -OCH3 is 1. The third kappa shape index (κ3) is 8.94. The van der Waals surface area contributed by atoms with E-state index < -0.39 is 5.97 Å². The molecule has 23 heavy (non-hydrogen) atoms. The molecule has 124 valence electrons. The van der Waals surface area contributed by atoms with Gasteiger partial charge in [-0.2, -0.15) is 0 Å². The van der Waals surface area contributed by atoms with E-state index in [0.717, 1.165) is 24.8 Å². The zero-order valence-electron chi connectivity index (χ0n) is 13.9. The van der Waals surface area contributed by atoms with Crippen molar-refractivity contribution in [1.82, 2.24) is 0 Å². The quantitative estimate of drug-likeness (QED) is 0.608. The van der Waals surface area contributed by atoms with E-state index >= 15 is 0 Å². The van der Waals surface area contributed by atoms with Crippen LogP contribution in [0.15, 0.2) is 53.4 Å². The normalized spacial score (nSPS) is 9.70. The molecule has 0 radical (unpaired) electrons. The van der Waals surface area contributed by atoms with Gasteiger partial charge in [0.05, 0.1) is 7.11 Å². The van der Waals surface area contributed by atoms with E-state index in [4.69, 9.17) is 14.6 Å². The maximum absolute atomic E-state index is 9.00. The molecule has 0 aliphatic rings. The van der Waals surface area contributed by atoms with E-state index in [1.54, 1.807) is 7.11 Å². The lowest BCUT2D eigenvalue weighted by atomic mass is 10.1. The molecule has 0 atom stereocenters. The Labute approximate surface area is 142 Å². The van der Waals surface area contributed by atoms with Crippen molar-refractivity contribution in [2.75, 3.05) is 12.9 Å². The fourth-order valence-electron chi connectivity index (χ4n) is 1.89. The molecule has 0 saturated heterocycles. The number of aryl methyl sites for hydroxylation is 2. The Bertz CT molecular complexity index is 573. The lowest BCUT2D eigenvalue weighted by Crippen LogP contribution is -1.88. The van der Waals surface area contributed by atoms with Gasteiger partial charge in [0.15, 0.2) is 0 Å². The van der Waals surface area contributed by atoms with Gasteiger partial charge in [-0.25, -0.2) is 0 Å². The molecule has 0 spiro atoms. The summed E-state index contributed by atoms with van der Waals surface area (Å²) < 4.78 is 5.15. The minimum atomic E-state index is -0.833. The molecule has 2 aromatic carbocycles. The lowest BCUT2D eigenvalue weighted by molar-refractivity contribution is -0.134. The van der Waals surface area contributed by atoms with Gasteiger partial charge in [0.2, 0.25) is 0 Å². The second kappa shape index (κ2) is 10.7. The summed E-state index contributed by atoms with van der Waals surface area (Å²) in [6, 6.07) is 17.1. The van der Waals surface area contributed by atoms with Gasteiger partial charge in [-0.3, -0.25) is 4.79 Å². The summed E-state index contributed by atoms with van der Waals surface area (Å²) >= 11 is 1.91. The van der Waals surface area contributed by atoms with Crippen LogP contribution in [-0.4, -0.2) is 23.9 Å². The number of aliphatic carboxylic acids is 1. The number of carboxylic acids is 1. The van der Waals surface area contributed by atoms with Crippen molar-refractivity contribution in [3.63, 3.8) is 0 Å². The highest BCUT2D eigenvalue weighted by Crippen LogP contribution is 2.22. The van der Waals surface area contributed by atoms with Crippen LogP contribution < -0.4 is 4.74 Å². The van der Waals surface area contributed by atoms with E-state index in [0.29, 0.717) is 0 Å². The Balaban J connectivity index is 0.000000593. The highest BCUT2D eigenvalue weighted by molar-refractivity contribution is 7.99. The first kappa shape index (κ1) is 19.1. The van der Waals surface area contributed by atoms with E-state index in [2.05, 4.69) is 43.3 Å². The van der Waals surface area contributed by atoms with Crippen LogP contribution >= 0.6 is 11.8 Å². The SMILES string of the molecule is CC(=O)O.COc1ccc(SCCCc2ccc(C)cc2)cc1. The smallest absolute Gasteiger partial charge is 0.300 e. The van der Waals surface area contributed by atoms with Crippen molar-refractivity contribution >= 4 is 17.7 Å². The van der Waals surface area contributed by atoms with Crippen LogP contribution in [0, 0.1) is 6.92 Å². The number of rotatable bonds is 6. The third-order valence-corrected chi connectivity index (χ3v) is 4.16. The Hall–Kier alpha value is -1.94. The van der Waals surface area contributed by atoms with Gasteiger partial charge in [0.25, 0.3) is 5.97 Å². The molecule has 0 saturated carbocycles. The van der Waals surface area contributed by atoms with Crippen molar-refractivity contribution in [2.24, 2.45) is 0 Å². The topological polar surface area (TPSA) is 46.5 Å². The van der Waals surface area contributed by atoms with Crippen LogP contribution in [0.4, 0.5) is 0 Å². The predicted octanol–water partition coefficient (Wildman–Crippen LogP) is 4.82. The van der Waals surface area contributed by atoms with Gasteiger partial charge in [0, 0.05) is 11.8 Å². The standard InChI is InChI=1S/C17H20OS.C2H4O2/c1-14-5-7-15(8-6-14)4-3-13-19-17-11-9-16(18-2)10-12-17;1-2(3)4/h5-12H,3-4,13H2,1-2H3;1H3,(H,3,4). The number of benzene rings is 2. The minimum Gasteiger partial charge on any atom is -0.497 e. The minimum absolute atomic E-state index is 0.833. The number of thioether (sulfide) groups is 1. The molecule has 3 nitrogen and oxygen atoms in total. The molecule has 0 aromatic heterocycles. The zero-order valence-corrected chi connectivity index (χ0v) is 14.7. The van der Waals surface area contributed by atoms with Gasteiger partial charge in [-0.05, 0) is 55.3 Å². The van der Waals surface area contributed by atoms with Gasteiger partial charge >= 0.3 is 0 Å². The molecule has 0 heterocycles. The van der Waals surface area contributed by atoms with Crippen molar-refractivity contribution in [3.05, 3.63) is 59.7 Å². The average Bonchev–Trinajstić information content (AvgIpc) is 2.53. The summed E-state index contributed by atoms with van der Waals surface area (Å²) in [7, 11) is 1.70. The molecule has 0 aliphatic heterocycles. The molecule has 2 aromatic rings. The summed E-state index contributed by atoms with van der Waals surface area (Å²) in [5.74, 6) is 1.24. The average molecular weight is 332 g/mol. The Kier molecular flexibility index (Phi) is 8.91. The number of hydrogen-bond donors (Lipinski definition) is 1. The second-order valence-corrected chi connectivity index (χ2v) is 6.30. The first-order valence-corrected chi connectivity index (χ1v) is 8.51. The highest BCUT2D eigenvalue weighted by Gasteiger charge is 1.97. The third-order valence-electron chi connectivity index (χ3n) is 3.06. The molecule has 0 aliphatic carbocycles. The predicted molar refractivity (Wildman–Crippen MR) is 96.5 cm³/mol. The van der Waals surface area contributed by atoms with Gasteiger partial charge in [0.1, 0.15) is 5.75 Å². The Morgan fingerprint density at radius 2 is 1.65 bits per heavy atom. The summed E-state index contributed by atoms with van der Waals surface area (Å²) in [6.45, 7) is 3.21. The summed E-state index contributed by atoms with van der Waals surface area (Å²) in [5, 5.41) is 7.42. The van der Waals surface area contributed by atoms with Crippen LogP contribution in [0.2, 0.25) is 0 Å². The molecule has 1 N–H and O–H groups in total. The van der Waals surface area contributed by atoms with Crippen LogP contribution in [0.1, 0.15) is 24.5 Å². The maximum atomic E-state index is 9.00. The van der Waals surface area contributed by atoms with E-state index in [-0.39, 0.29) is 0 Å². The van der Waals surface area contributed by atoms with E-state index in [1.807, 2.05) is 23.9 Å². The summed E-state index contributed by atoms with van der Waals surface area (Å²) in [5.41, 5.74) is 2.76. The summed E-state index contributed by atoms with van der Waals surface area (Å²) in [4.78, 5) is 10.3. The molecular formula is C19H24O3S. The molecule has 0 fully saturated rings. The number of hydrogen-bond acceptors (Lipinski definition) is 3. The summed E-state index contributed by atoms with van der Waals surface area (Å²) in [6.07, 6.45) is 2.36. The zero-order chi connectivity index (χ0) is 17.1. The highest BCUT2D eigenvalue weighted by atomic mass is 32.2. The van der Waals surface area contributed by atoms with E-state index in [9.17, 15) is 0 Å². The van der Waals surface area contributed by atoms with Crippen LogP contribution in [0.3, 0.4) is 0 Å². The first-order valence-electron chi connectivity index (χ1n) is 7.53. The molecule has 0 bridgehead atoms. The Morgan fingerprint density at radius 3 is 2.17 bits per heavy atom. The van der Waals surface area contributed by atoms with Crippen molar-refractivity contribution < 1.29 is 14.6 Å². The molecular weight excluding hydrogens is 308 g/mol. The number of carbonyl (C=O) groups is 1. The first-order chi connectivity index (χ1) is 11.0. The van der Waals surface area contributed by atoms with Crippen molar-refractivity contribution in [3.8, 4) is 5.75 Å². The van der Waals surface area contributed by atoms with Gasteiger partial charge in [-0.15, -0.1) is 11.8 Å². The Morgan fingerprint density at radius 1 is 1.09 bits per heavy atom. The molecule has 0 amide bonds. The number of carboxylic acid groups (broad SMARTS) is 1. The van der Waals surface area contributed by atoms with Gasteiger partial charge in [-0.1, -0.05) is 29.8 Å². The number of ether oxygens (including phenoxy) is 1. The van der Waals surface area contributed by atoms with Crippen molar-refractivity contribution in [2.45, 2.75) is 31.6 Å². The molecule has 2 rings (SSSR count). The van der Waals surface area contributed by atoms with Crippen LogP contribution in [0.5, 0.6) is 5.75 Å². The van der Waals surface area contributed by atoms with Gasteiger partial charge < -0.3 is 9.84 Å². The lowest BCUT2D eigenvalue weighted by Gasteiger charge is -2.04. The molecule has 4 heteroatoms. The largest absolute Gasteiger partial charge is 0.497 e. The fourth-order valence-corrected chi connectivity index (χ4v) is 2.75. The van der Waals surface area contributed by atoms with Crippen LogP contribution in [-0.2, 0) is 11.2 Å². The monoisotopic (exact) mass is 332 g/mol.